The predicted octanol–water partition coefficient (Wildman–Crippen LogP) is -0.0477. The third-order valence-corrected chi connectivity index (χ3v) is 2.38. The molecule has 3 heteroatoms. The Labute approximate surface area is 66.1 Å². The van der Waals surface area contributed by atoms with Gasteiger partial charge in [-0.2, -0.15) is 0 Å². The Kier molecular flexibility index (Phi) is 1.92. The smallest absolute Gasteiger partial charge is 0.139 e. The Morgan fingerprint density at radius 3 is 2.82 bits per heavy atom. The van der Waals surface area contributed by atoms with Crippen molar-refractivity contribution in [2.75, 3.05) is 13.2 Å². The molecule has 0 radical (unpaired) electrons. The Balaban J connectivity index is 1.86. The number of nitrogens with one attached hydrogen (secondary N) is 1. The van der Waals surface area contributed by atoms with Crippen LogP contribution in [-0.2, 0) is 9.53 Å². The van der Waals surface area contributed by atoms with E-state index in [-0.39, 0.29) is 6.04 Å². The molecule has 0 aromatic carbocycles. The molecule has 11 heavy (non-hydrogen) atoms. The number of hydrogen-bond donors (Lipinski definition) is 1. The topological polar surface area (TPSA) is 38.3 Å². The Morgan fingerprint density at radius 2 is 2.18 bits per heavy atom. The summed E-state index contributed by atoms with van der Waals surface area (Å²) in [5.41, 5.74) is 0. The Morgan fingerprint density at radius 1 is 1.36 bits per heavy atom. The van der Waals surface area contributed by atoms with Gasteiger partial charge in [-0.3, -0.25) is 0 Å². The van der Waals surface area contributed by atoms with Gasteiger partial charge in [-0.05, 0) is 18.8 Å². The summed E-state index contributed by atoms with van der Waals surface area (Å²) in [5.74, 6) is 0.776. The molecule has 1 N–H and O–H groups in total. The monoisotopic (exact) mass is 155 g/mol. The van der Waals surface area contributed by atoms with Crippen molar-refractivity contribution in [2.24, 2.45) is 5.92 Å². The summed E-state index contributed by atoms with van der Waals surface area (Å²) in [6, 6.07) is 0.383. The minimum Gasteiger partial charge on any atom is -0.378 e. The van der Waals surface area contributed by atoms with Gasteiger partial charge in [-0.25, -0.2) is 0 Å². The molecule has 2 rings (SSSR count). The second kappa shape index (κ2) is 2.91. The summed E-state index contributed by atoms with van der Waals surface area (Å²) >= 11 is 0. The second-order valence-corrected chi connectivity index (χ2v) is 3.39. The normalized spacial score (nSPS) is 38.5. The van der Waals surface area contributed by atoms with Crippen LogP contribution in [0.1, 0.15) is 12.8 Å². The van der Waals surface area contributed by atoms with Crippen molar-refractivity contribution >= 4 is 6.29 Å². The molecule has 2 atom stereocenters. The lowest BCUT2D eigenvalue weighted by Crippen LogP contribution is -2.50. The molecule has 2 aliphatic rings. The number of hydrogen-bond acceptors (Lipinski definition) is 3. The van der Waals surface area contributed by atoms with Crippen LogP contribution in [0.4, 0.5) is 0 Å². The zero-order chi connectivity index (χ0) is 7.68. The number of aldehydes is 1. The SMILES string of the molecule is O=CC1COCC(C2CC2)N1. The first-order valence-electron chi connectivity index (χ1n) is 4.19. The van der Waals surface area contributed by atoms with Crippen LogP contribution in [0.3, 0.4) is 0 Å². The highest BCUT2D eigenvalue weighted by Crippen LogP contribution is 2.33. The van der Waals surface area contributed by atoms with Crippen LogP contribution in [0, 0.1) is 5.92 Å². The van der Waals surface area contributed by atoms with Crippen molar-refractivity contribution in [3.8, 4) is 0 Å². The van der Waals surface area contributed by atoms with Gasteiger partial charge < -0.3 is 14.8 Å². The van der Waals surface area contributed by atoms with Crippen molar-refractivity contribution in [2.45, 2.75) is 24.9 Å². The molecule has 3 nitrogen and oxygen atoms in total. The quantitative estimate of drug-likeness (QED) is 0.568. The number of ether oxygens (including phenoxy) is 1. The van der Waals surface area contributed by atoms with E-state index in [2.05, 4.69) is 5.32 Å². The first-order valence-corrected chi connectivity index (χ1v) is 4.19. The molecule has 0 aromatic rings. The number of morpholine rings is 1. The van der Waals surface area contributed by atoms with Crippen LogP contribution >= 0.6 is 0 Å². The standard InChI is InChI=1S/C8H13NO2/c10-3-7-4-11-5-8(9-7)6-1-2-6/h3,6-9H,1-2,4-5H2. The van der Waals surface area contributed by atoms with Crippen LogP contribution in [0.25, 0.3) is 0 Å². The highest BCUT2D eigenvalue weighted by Gasteiger charge is 2.34. The van der Waals surface area contributed by atoms with E-state index < -0.39 is 0 Å². The van der Waals surface area contributed by atoms with Crippen LogP contribution < -0.4 is 5.32 Å². The Bertz CT molecular complexity index is 156. The summed E-state index contributed by atoms with van der Waals surface area (Å²) in [5, 5.41) is 3.27. The van der Waals surface area contributed by atoms with E-state index in [1.807, 2.05) is 0 Å². The zero-order valence-corrected chi connectivity index (χ0v) is 6.45. The van der Waals surface area contributed by atoms with Crippen LogP contribution in [0.2, 0.25) is 0 Å². The maximum Gasteiger partial charge on any atom is 0.139 e. The second-order valence-electron chi connectivity index (χ2n) is 3.39. The van der Waals surface area contributed by atoms with Gasteiger partial charge in [0.2, 0.25) is 0 Å². The average molecular weight is 155 g/mol. The molecule has 1 heterocycles. The van der Waals surface area contributed by atoms with Gasteiger partial charge in [0.15, 0.2) is 0 Å². The Hall–Kier alpha value is -0.410. The molecule has 2 unspecified atom stereocenters. The predicted molar refractivity (Wildman–Crippen MR) is 40.3 cm³/mol. The average Bonchev–Trinajstić information content (AvgIpc) is 2.87. The molecule has 0 bridgehead atoms. The van der Waals surface area contributed by atoms with Gasteiger partial charge in [0.05, 0.1) is 19.3 Å². The van der Waals surface area contributed by atoms with E-state index in [0.717, 1.165) is 18.8 Å². The van der Waals surface area contributed by atoms with Gasteiger partial charge in [0, 0.05) is 6.04 Å². The first-order chi connectivity index (χ1) is 5.40. The molecule has 2 fully saturated rings. The highest BCUT2D eigenvalue weighted by atomic mass is 16.5. The van der Waals surface area contributed by atoms with Gasteiger partial charge in [-0.15, -0.1) is 0 Å². The summed E-state index contributed by atoms with van der Waals surface area (Å²) in [6.07, 6.45) is 3.54. The minimum atomic E-state index is -0.0608. The fourth-order valence-corrected chi connectivity index (χ4v) is 1.54. The highest BCUT2D eigenvalue weighted by molar-refractivity contribution is 5.58. The maximum atomic E-state index is 10.4. The van der Waals surface area contributed by atoms with Crippen molar-refractivity contribution in [3.05, 3.63) is 0 Å². The lowest BCUT2D eigenvalue weighted by atomic mass is 10.1. The zero-order valence-electron chi connectivity index (χ0n) is 6.45. The van der Waals surface area contributed by atoms with E-state index in [9.17, 15) is 4.79 Å². The molecule has 1 saturated heterocycles. The minimum absolute atomic E-state index is 0.0608. The summed E-state index contributed by atoms with van der Waals surface area (Å²) in [7, 11) is 0. The summed E-state index contributed by atoms with van der Waals surface area (Å²) in [6.45, 7) is 1.34. The fourth-order valence-electron chi connectivity index (χ4n) is 1.54. The first kappa shape index (κ1) is 7.25. The molecular formula is C8H13NO2. The van der Waals surface area contributed by atoms with Crippen LogP contribution in [0.15, 0.2) is 0 Å². The molecule has 1 aliphatic heterocycles. The van der Waals surface area contributed by atoms with Gasteiger partial charge >= 0.3 is 0 Å². The third kappa shape index (κ3) is 1.60. The van der Waals surface area contributed by atoms with E-state index in [0.29, 0.717) is 12.6 Å². The van der Waals surface area contributed by atoms with Crippen LogP contribution in [0.5, 0.6) is 0 Å². The van der Waals surface area contributed by atoms with E-state index in [1.54, 1.807) is 0 Å². The van der Waals surface area contributed by atoms with E-state index in [4.69, 9.17) is 4.74 Å². The van der Waals surface area contributed by atoms with E-state index >= 15 is 0 Å². The molecule has 1 saturated carbocycles. The lowest BCUT2D eigenvalue weighted by Gasteiger charge is -2.27. The lowest BCUT2D eigenvalue weighted by molar-refractivity contribution is -0.113. The van der Waals surface area contributed by atoms with Gasteiger partial charge in [0.25, 0.3) is 0 Å². The van der Waals surface area contributed by atoms with Crippen molar-refractivity contribution in [3.63, 3.8) is 0 Å². The third-order valence-electron chi connectivity index (χ3n) is 2.38. The maximum absolute atomic E-state index is 10.4. The van der Waals surface area contributed by atoms with Crippen molar-refractivity contribution < 1.29 is 9.53 Å². The fraction of sp³-hybridized carbons (Fsp3) is 0.875. The number of carbonyl (C=O) groups excluding carboxylic acids is 1. The van der Waals surface area contributed by atoms with Crippen LogP contribution in [-0.4, -0.2) is 31.6 Å². The molecule has 1 aliphatic carbocycles. The summed E-state index contributed by atoms with van der Waals surface area (Å²) in [4.78, 5) is 10.4. The number of rotatable bonds is 2. The largest absolute Gasteiger partial charge is 0.378 e. The molecule has 62 valence electrons. The van der Waals surface area contributed by atoms with Gasteiger partial charge in [-0.1, -0.05) is 0 Å². The molecule has 0 amide bonds. The van der Waals surface area contributed by atoms with Crippen molar-refractivity contribution in [1.29, 1.82) is 0 Å². The molecular weight excluding hydrogens is 142 g/mol. The molecule has 0 spiro atoms. The molecule has 0 aromatic heterocycles. The van der Waals surface area contributed by atoms with Crippen molar-refractivity contribution in [1.82, 2.24) is 5.32 Å². The number of carbonyl (C=O) groups is 1. The summed E-state index contributed by atoms with van der Waals surface area (Å²) < 4.78 is 5.29. The van der Waals surface area contributed by atoms with Gasteiger partial charge in [0.1, 0.15) is 6.29 Å². The van der Waals surface area contributed by atoms with E-state index in [1.165, 1.54) is 12.8 Å².